The van der Waals surface area contributed by atoms with Crippen LogP contribution in [0.1, 0.15) is 38.8 Å². The highest BCUT2D eigenvalue weighted by Crippen LogP contribution is 2.28. The zero-order valence-electron chi connectivity index (χ0n) is 9.62. The number of nitrogens with one attached hydrogen (secondary N) is 1. The molecule has 0 amide bonds. The molecule has 1 atom stereocenters. The molecule has 84 valence electrons. The molecule has 0 aliphatic heterocycles. The molecule has 0 radical (unpaired) electrons. The second-order valence-electron chi connectivity index (χ2n) is 4.98. The fraction of sp³-hybridized carbons (Fsp3) is 0.750. The van der Waals surface area contributed by atoms with Gasteiger partial charge in [-0.25, -0.2) is 4.98 Å². The molecule has 0 spiro atoms. The molecule has 1 saturated carbocycles. The number of hydrogen-bond donors (Lipinski definition) is 1. The van der Waals surface area contributed by atoms with Gasteiger partial charge in [0.1, 0.15) is 0 Å². The molecular formula is C12H20N2S. The van der Waals surface area contributed by atoms with Gasteiger partial charge in [0.25, 0.3) is 0 Å². The van der Waals surface area contributed by atoms with Crippen LogP contribution in [0, 0.1) is 5.41 Å². The van der Waals surface area contributed by atoms with Gasteiger partial charge in [-0.2, -0.15) is 0 Å². The van der Waals surface area contributed by atoms with Gasteiger partial charge >= 0.3 is 0 Å². The number of thiazole rings is 1. The van der Waals surface area contributed by atoms with E-state index in [1.807, 2.05) is 5.51 Å². The number of hydrogen-bond acceptors (Lipinski definition) is 3. The molecule has 2 nitrogen and oxygen atoms in total. The van der Waals surface area contributed by atoms with Crippen LogP contribution in [-0.4, -0.2) is 17.6 Å². The monoisotopic (exact) mass is 224 g/mol. The summed E-state index contributed by atoms with van der Waals surface area (Å²) in [6, 6.07) is 0.811. The Bertz CT molecular complexity index is 293. The highest BCUT2D eigenvalue weighted by Gasteiger charge is 2.27. The standard InChI is InChI=1S/C12H20N2S/c1-3-12(2,8-13-10-4-5-10)6-11-7-15-9-14-11/h7,9-10,13H,3-6,8H2,1-2H3. The summed E-state index contributed by atoms with van der Waals surface area (Å²) in [5.74, 6) is 0. The quantitative estimate of drug-likeness (QED) is 0.803. The van der Waals surface area contributed by atoms with Crippen LogP contribution in [-0.2, 0) is 6.42 Å². The minimum atomic E-state index is 0.372. The van der Waals surface area contributed by atoms with Gasteiger partial charge in [0.05, 0.1) is 11.2 Å². The molecule has 1 aromatic rings. The molecular weight excluding hydrogens is 204 g/mol. The molecule has 1 aliphatic rings. The Labute approximate surface area is 96.1 Å². The van der Waals surface area contributed by atoms with E-state index in [1.54, 1.807) is 11.3 Å². The van der Waals surface area contributed by atoms with Crippen molar-refractivity contribution < 1.29 is 0 Å². The van der Waals surface area contributed by atoms with Crippen molar-refractivity contribution >= 4 is 11.3 Å². The zero-order valence-corrected chi connectivity index (χ0v) is 10.4. The lowest BCUT2D eigenvalue weighted by molar-refractivity contribution is 0.287. The third-order valence-corrected chi connectivity index (χ3v) is 3.98. The maximum Gasteiger partial charge on any atom is 0.0794 e. The summed E-state index contributed by atoms with van der Waals surface area (Å²) in [4.78, 5) is 4.38. The predicted octanol–water partition coefficient (Wildman–Crippen LogP) is 2.85. The van der Waals surface area contributed by atoms with Crippen LogP contribution < -0.4 is 5.32 Å². The van der Waals surface area contributed by atoms with E-state index in [1.165, 1.54) is 25.0 Å². The summed E-state index contributed by atoms with van der Waals surface area (Å²) in [6.07, 6.45) is 5.06. The third kappa shape index (κ3) is 3.28. The fourth-order valence-corrected chi connectivity index (χ4v) is 2.31. The van der Waals surface area contributed by atoms with Crippen molar-refractivity contribution in [3.05, 3.63) is 16.6 Å². The lowest BCUT2D eigenvalue weighted by atomic mass is 9.83. The summed E-state index contributed by atoms with van der Waals surface area (Å²) in [6.45, 7) is 5.77. The van der Waals surface area contributed by atoms with E-state index >= 15 is 0 Å². The number of nitrogens with zero attached hydrogens (tertiary/aromatic N) is 1. The highest BCUT2D eigenvalue weighted by atomic mass is 32.1. The Kier molecular flexibility index (Phi) is 3.42. The fourth-order valence-electron chi connectivity index (χ4n) is 1.75. The molecule has 2 rings (SSSR count). The van der Waals surface area contributed by atoms with Gasteiger partial charge in [-0.05, 0) is 31.1 Å². The van der Waals surface area contributed by atoms with E-state index < -0.39 is 0 Å². The van der Waals surface area contributed by atoms with Crippen LogP contribution in [0.3, 0.4) is 0 Å². The van der Waals surface area contributed by atoms with Crippen LogP contribution in [0.5, 0.6) is 0 Å². The van der Waals surface area contributed by atoms with Gasteiger partial charge in [0, 0.05) is 18.0 Å². The zero-order chi connectivity index (χ0) is 10.7. The van der Waals surface area contributed by atoms with Gasteiger partial charge in [0.2, 0.25) is 0 Å². The van der Waals surface area contributed by atoms with Crippen molar-refractivity contribution in [2.75, 3.05) is 6.54 Å². The Morgan fingerprint density at radius 1 is 1.60 bits per heavy atom. The summed E-state index contributed by atoms with van der Waals surface area (Å²) >= 11 is 1.70. The smallest absolute Gasteiger partial charge is 0.0794 e. The molecule has 1 N–H and O–H groups in total. The first-order valence-electron chi connectivity index (χ1n) is 5.82. The summed E-state index contributed by atoms with van der Waals surface area (Å²) in [7, 11) is 0. The molecule has 1 aliphatic carbocycles. The summed E-state index contributed by atoms with van der Waals surface area (Å²) < 4.78 is 0. The van der Waals surface area contributed by atoms with Crippen LogP contribution >= 0.6 is 11.3 Å². The average molecular weight is 224 g/mol. The van der Waals surface area contributed by atoms with Gasteiger partial charge in [0.15, 0.2) is 0 Å². The van der Waals surface area contributed by atoms with Crippen LogP contribution in [0.2, 0.25) is 0 Å². The Balaban J connectivity index is 1.87. The van der Waals surface area contributed by atoms with Crippen LogP contribution in [0.25, 0.3) is 0 Å². The van der Waals surface area contributed by atoms with Crippen molar-refractivity contribution in [3.63, 3.8) is 0 Å². The average Bonchev–Trinajstić information content (AvgIpc) is 2.94. The Morgan fingerprint density at radius 3 is 2.93 bits per heavy atom. The first-order chi connectivity index (χ1) is 7.22. The molecule has 1 unspecified atom stereocenters. The molecule has 1 heterocycles. The van der Waals surface area contributed by atoms with E-state index in [0.29, 0.717) is 5.41 Å². The number of rotatable bonds is 6. The molecule has 1 fully saturated rings. The lowest BCUT2D eigenvalue weighted by Gasteiger charge is -2.28. The summed E-state index contributed by atoms with van der Waals surface area (Å²) in [5.41, 5.74) is 3.55. The molecule has 15 heavy (non-hydrogen) atoms. The van der Waals surface area contributed by atoms with Crippen molar-refractivity contribution in [1.82, 2.24) is 10.3 Å². The minimum absolute atomic E-state index is 0.372. The maximum atomic E-state index is 4.38. The SMILES string of the molecule is CCC(C)(CNC1CC1)Cc1cscn1. The van der Waals surface area contributed by atoms with Crippen molar-refractivity contribution in [2.45, 2.75) is 45.6 Å². The Hall–Kier alpha value is -0.410. The van der Waals surface area contributed by atoms with E-state index in [4.69, 9.17) is 0 Å². The molecule has 0 saturated heterocycles. The van der Waals surface area contributed by atoms with Gasteiger partial charge in [-0.3, -0.25) is 0 Å². The first-order valence-corrected chi connectivity index (χ1v) is 6.76. The normalized spacial score (nSPS) is 20.1. The molecule has 3 heteroatoms. The van der Waals surface area contributed by atoms with Gasteiger partial charge < -0.3 is 5.32 Å². The van der Waals surface area contributed by atoms with Gasteiger partial charge in [-0.1, -0.05) is 13.8 Å². The van der Waals surface area contributed by atoms with Crippen LogP contribution in [0.4, 0.5) is 0 Å². The third-order valence-electron chi connectivity index (χ3n) is 3.34. The lowest BCUT2D eigenvalue weighted by Crippen LogP contribution is -2.34. The second-order valence-corrected chi connectivity index (χ2v) is 5.69. The molecule has 0 bridgehead atoms. The molecule has 1 aromatic heterocycles. The molecule has 0 aromatic carbocycles. The van der Waals surface area contributed by atoms with Crippen molar-refractivity contribution in [1.29, 1.82) is 0 Å². The largest absolute Gasteiger partial charge is 0.313 e. The maximum absolute atomic E-state index is 4.38. The van der Waals surface area contributed by atoms with E-state index in [0.717, 1.165) is 19.0 Å². The van der Waals surface area contributed by atoms with Crippen molar-refractivity contribution in [2.24, 2.45) is 5.41 Å². The predicted molar refractivity (Wildman–Crippen MR) is 65.2 cm³/mol. The first kappa shape index (κ1) is 11.1. The van der Waals surface area contributed by atoms with Crippen molar-refractivity contribution in [3.8, 4) is 0 Å². The number of aromatic nitrogens is 1. The Morgan fingerprint density at radius 2 is 2.40 bits per heavy atom. The summed E-state index contributed by atoms with van der Waals surface area (Å²) in [5, 5.41) is 5.81. The van der Waals surface area contributed by atoms with Gasteiger partial charge in [-0.15, -0.1) is 11.3 Å². The van der Waals surface area contributed by atoms with E-state index in [-0.39, 0.29) is 0 Å². The minimum Gasteiger partial charge on any atom is -0.313 e. The van der Waals surface area contributed by atoms with E-state index in [9.17, 15) is 0 Å². The highest BCUT2D eigenvalue weighted by molar-refractivity contribution is 7.07. The van der Waals surface area contributed by atoms with E-state index in [2.05, 4.69) is 29.5 Å². The second kappa shape index (κ2) is 4.62. The topological polar surface area (TPSA) is 24.9 Å². The van der Waals surface area contributed by atoms with Crippen LogP contribution in [0.15, 0.2) is 10.9 Å².